The molecule has 1 atom stereocenters. The highest BCUT2D eigenvalue weighted by Crippen LogP contribution is 2.25. The van der Waals surface area contributed by atoms with Crippen molar-refractivity contribution in [3.8, 4) is 11.4 Å². The Balaban J connectivity index is 1.75. The quantitative estimate of drug-likeness (QED) is 0.649. The summed E-state index contributed by atoms with van der Waals surface area (Å²) in [5, 5.41) is 4.52. The number of benzene rings is 2. The Hall–Kier alpha value is -2.31. The summed E-state index contributed by atoms with van der Waals surface area (Å²) in [4.78, 5) is 6.13. The second kappa shape index (κ2) is 7.29. The smallest absolute Gasteiger partial charge is 0.241 e. The van der Waals surface area contributed by atoms with E-state index in [0.717, 1.165) is 17.7 Å². The lowest BCUT2D eigenvalue weighted by Crippen LogP contribution is -2.23. The minimum Gasteiger partial charge on any atom is -0.338 e. The predicted molar refractivity (Wildman–Crippen MR) is 91.0 cm³/mol. The van der Waals surface area contributed by atoms with E-state index >= 15 is 0 Å². The van der Waals surface area contributed by atoms with Gasteiger partial charge in [0.2, 0.25) is 11.7 Å². The molecule has 3 rings (SSSR count). The van der Waals surface area contributed by atoms with Crippen molar-refractivity contribution in [2.45, 2.75) is 19.5 Å². The molecule has 4 nitrogen and oxygen atoms in total. The van der Waals surface area contributed by atoms with Crippen LogP contribution in [-0.4, -0.2) is 22.1 Å². The van der Waals surface area contributed by atoms with E-state index in [4.69, 9.17) is 16.1 Å². The van der Waals surface area contributed by atoms with Gasteiger partial charge in [-0.3, -0.25) is 4.90 Å². The van der Waals surface area contributed by atoms with Crippen molar-refractivity contribution < 1.29 is 13.3 Å². The number of halogens is 3. The van der Waals surface area contributed by atoms with Crippen LogP contribution < -0.4 is 0 Å². The highest BCUT2D eigenvalue weighted by molar-refractivity contribution is 6.30. The molecule has 0 aliphatic carbocycles. The molecule has 2 aromatic carbocycles. The van der Waals surface area contributed by atoms with Crippen LogP contribution in [0.15, 0.2) is 47.0 Å². The minimum atomic E-state index is -0.474. The highest BCUT2D eigenvalue weighted by atomic mass is 35.5. The lowest BCUT2D eigenvalue weighted by Gasteiger charge is -2.23. The molecule has 0 spiro atoms. The molecule has 0 amide bonds. The molecule has 0 bridgehead atoms. The van der Waals surface area contributed by atoms with Gasteiger partial charge in [0, 0.05) is 22.2 Å². The average Bonchev–Trinajstić information content (AvgIpc) is 3.05. The van der Waals surface area contributed by atoms with Crippen LogP contribution in [0, 0.1) is 11.6 Å². The molecule has 7 heteroatoms. The van der Waals surface area contributed by atoms with E-state index in [2.05, 4.69) is 10.1 Å². The van der Waals surface area contributed by atoms with E-state index in [9.17, 15) is 8.78 Å². The molecule has 0 N–H and O–H groups in total. The minimum absolute atomic E-state index is 0.275. The van der Waals surface area contributed by atoms with Crippen molar-refractivity contribution in [2.24, 2.45) is 0 Å². The first kappa shape index (κ1) is 17.5. The van der Waals surface area contributed by atoms with Gasteiger partial charge in [-0.2, -0.15) is 4.98 Å². The Bertz CT molecular complexity index is 884. The fourth-order valence-corrected chi connectivity index (χ4v) is 2.68. The fourth-order valence-electron chi connectivity index (χ4n) is 2.49. The summed E-state index contributed by atoms with van der Waals surface area (Å²) in [6.45, 7) is 2.08. The molecule has 0 radical (unpaired) electrons. The van der Waals surface area contributed by atoms with Crippen molar-refractivity contribution in [1.29, 1.82) is 0 Å². The van der Waals surface area contributed by atoms with Gasteiger partial charge in [-0.15, -0.1) is 0 Å². The van der Waals surface area contributed by atoms with E-state index in [1.54, 1.807) is 37.1 Å². The zero-order chi connectivity index (χ0) is 18.0. The average molecular weight is 364 g/mol. The SMILES string of the molecule is CC(c1cc(F)ccc1F)N(C)Cc1nc(-c2cccc(Cl)c2)no1. The molecular formula is C18H16ClF2N3O. The van der Waals surface area contributed by atoms with Gasteiger partial charge in [0.25, 0.3) is 0 Å². The Morgan fingerprint density at radius 1 is 1.20 bits per heavy atom. The lowest BCUT2D eigenvalue weighted by atomic mass is 10.1. The molecule has 0 aliphatic heterocycles. The molecule has 130 valence electrons. The van der Waals surface area contributed by atoms with Crippen molar-refractivity contribution in [3.63, 3.8) is 0 Å². The van der Waals surface area contributed by atoms with Crippen LogP contribution in [0.5, 0.6) is 0 Å². The maximum absolute atomic E-state index is 13.9. The second-order valence-electron chi connectivity index (χ2n) is 5.78. The second-order valence-corrected chi connectivity index (χ2v) is 6.22. The van der Waals surface area contributed by atoms with Crippen LogP contribution >= 0.6 is 11.6 Å². The number of nitrogens with zero attached hydrogens (tertiary/aromatic N) is 3. The summed E-state index contributed by atoms with van der Waals surface area (Å²) in [6.07, 6.45) is 0. The standard InChI is InChI=1S/C18H16ClF2N3O/c1-11(15-9-14(20)6-7-16(15)21)24(2)10-17-22-18(23-25-17)12-4-3-5-13(19)8-12/h3-9,11H,10H2,1-2H3. The molecule has 3 aromatic rings. The summed E-state index contributed by atoms with van der Waals surface area (Å²) in [6, 6.07) is 10.2. The van der Waals surface area contributed by atoms with Crippen LogP contribution in [0.3, 0.4) is 0 Å². The Morgan fingerprint density at radius 2 is 2.00 bits per heavy atom. The van der Waals surface area contributed by atoms with Crippen LogP contribution in [0.25, 0.3) is 11.4 Å². The number of hydrogen-bond donors (Lipinski definition) is 0. The van der Waals surface area contributed by atoms with Gasteiger partial charge in [-0.05, 0) is 44.3 Å². The van der Waals surface area contributed by atoms with E-state index in [1.807, 2.05) is 6.07 Å². The topological polar surface area (TPSA) is 42.2 Å². The third-order valence-corrected chi connectivity index (χ3v) is 4.24. The molecule has 25 heavy (non-hydrogen) atoms. The van der Waals surface area contributed by atoms with Gasteiger partial charge in [-0.25, -0.2) is 8.78 Å². The van der Waals surface area contributed by atoms with E-state index in [-0.39, 0.29) is 11.6 Å². The van der Waals surface area contributed by atoms with Gasteiger partial charge in [-0.1, -0.05) is 28.9 Å². The highest BCUT2D eigenvalue weighted by Gasteiger charge is 2.19. The van der Waals surface area contributed by atoms with Gasteiger partial charge < -0.3 is 4.52 Å². The zero-order valence-corrected chi connectivity index (χ0v) is 14.5. The van der Waals surface area contributed by atoms with E-state index in [1.165, 1.54) is 6.07 Å². The van der Waals surface area contributed by atoms with Gasteiger partial charge in [0.05, 0.1) is 6.54 Å². The van der Waals surface area contributed by atoms with Gasteiger partial charge >= 0.3 is 0 Å². The monoisotopic (exact) mass is 363 g/mol. The largest absolute Gasteiger partial charge is 0.338 e. The summed E-state index contributed by atoms with van der Waals surface area (Å²) in [5.41, 5.74) is 1.02. The van der Waals surface area contributed by atoms with Crippen molar-refractivity contribution in [2.75, 3.05) is 7.05 Å². The first-order valence-electron chi connectivity index (χ1n) is 7.68. The lowest BCUT2D eigenvalue weighted by molar-refractivity contribution is 0.212. The molecule has 0 fully saturated rings. The number of aromatic nitrogens is 2. The Kier molecular flexibility index (Phi) is 5.11. The molecule has 0 saturated carbocycles. The zero-order valence-electron chi connectivity index (χ0n) is 13.7. The van der Waals surface area contributed by atoms with Crippen molar-refractivity contribution >= 4 is 11.6 Å². The molecular weight excluding hydrogens is 348 g/mol. The molecule has 0 aliphatic rings. The molecule has 1 heterocycles. The summed E-state index contributed by atoms with van der Waals surface area (Å²) >= 11 is 5.96. The third kappa shape index (κ3) is 4.03. The van der Waals surface area contributed by atoms with Crippen molar-refractivity contribution in [3.05, 3.63) is 70.6 Å². The summed E-state index contributed by atoms with van der Waals surface area (Å²) < 4.78 is 32.6. The maximum atomic E-state index is 13.9. The molecule has 0 saturated heterocycles. The van der Waals surface area contributed by atoms with Gasteiger partial charge in [0.1, 0.15) is 11.6 Å². The number of hydrogen-bond acceptors (Lipinski definition) is 4. The van der Waals surface area contributed by atoms with Crippen LogP contribution in [0.2, 0.25) is 5.02 Å². The summed E-state index contributed by atoms with van der Waals surface area (Å²) in [7, 11) is 1.78. The first-order chi connectivity index (χ1) is 11.9. The number of rotatable bonds is 5. The van der Waals surface area contributed by atoms with Gasteiger partial charge in [0.15, 0.2) is 0 Å². The fraction of sp³-hybridized carbons (Fsp3) is 0.222. The van der Waals surface area contributed by atoms with E-state index < -0.39 is 11.6 Å². The van der Waals surface area contributed by atoms with Crippen LogP contribution in [0.1, 0.15) is 24.4 Å². The Labute approximate surface area is 149 Å². The van der Waals surface area contributed by atoms with E-state index in [0.29, 0.717) is 23.3 Å². The van der Waals surface area contributed by atoms with Crippen molar-refractivity contribution in [1.82, 2.24) is 15.0 Å². The molecule has 1 aromatic heterocycles. The Morgan fingerprint density at radius 3 is 2.76 bits per heavy atom. The maximum Gasteiger partial charge on any atom is 0.241 e. The predicted octanol–water partition coefficient (Wildman–Crippen LogP) is 4.86. The normalized spacial score (nSPS) is 12.6. The third-order valence-electron chi connectivity index (χ3n) is 4.00. The van der Waals surface area contributed by atoms with Crippen LogP contribution in [0.4, 0.5) is 8.78 Å². The first-order valence-corrected chi connectivity index (χ1v) is 8.05. The summed E-state index contributed by atoms with van der Waals surface area (Å²) in [5.74, 6) is -0.125. The molecule has 1 unspecified atom stereocenters. The van der Waals surface area contributed by atoms with Crippen LogP contribution in [-0.2, 0) is 6.54 Å².